The van der Waals surface area contributed by atoms with Gasteiger partial charge in [0.1, 0.15) is 23.1 Å². The van der Waals surface area contributed by atoms with Crippen molar-refractivity contribution in [2.24, 2.45) is 11.1 Å². The second kappa shape index (κ2) is 13.5. The van der Waals surface area contributed by atoms with Gasteiger partial charge in [-0.25, -0.2) is 13.6 Å². The van der Waals surface area contributed by atoms with E-state index in [1.54, 1.807) is 17.0 Å². The number of nitrogens with one attached hydrogen (secondary N) is 1. The molecule has 2 fully saturated rings. The predicted molar refractivity (Wildman–Crippen MR) is 160 cm³/mol. The van der Waals surface area contributed by atoms with E-state index in [4.69, 9.17) is 9.88 Å². The summed E-state index contributed by atoms with van der Waals surface area (Å²) < 4.78 is 28.7. The third-order valence-corrected chi connectivity index (χ3v) is 9.70. The summed E-state index contributed by atoms with van der Waals surface area (Å²) in [6, 6.07) is 12.7. The standard InChI is InChI=1S/C31H44N4O6S/c1-4-7-18-35-29(37)27(28(36)23(5-2)6-3)33-30(38)31(35)16-19-34(20-17-31)21-22-8-10-24(11-9-22)41-25-12-14-26(15-13-25)42(32,39)40/h8-15,23,27-28,36H,4-7,16-21H2,1-3H3,(H,33,38)(H2,32,39,40)/t27-,28-/m1/s1. The average molecular weight is 601 g/mol. The molecule has 2 heterocycles. The number of carbonyl (C=O) groups excluding carboxylic acids is 2. The molecule has 11 heteroatoms. The van der Waals surface area contributed by atoms with Crippen LogP contribution in [0.4, 0.5) is 0 Å². The van der Waals surface area contributed by atoms with Gasteiger partial charge in [0.15, 0.2) is 0 Å². The normalized spacial score (nSPS) is 20.1. The highest BCUT2D eigenvalue weighted by atomic mass is 32.2. The van der Waals surface area contributed by atoms with Crippen LogP contribution in [0, 0.1) is 5.92 Å². The monoisotopic (exact) mass is 600 g/mol. The van der Waals surface area contributed by atoms with Crippen molar-refractivity contribution in [1.29, 1.82) is 0 Å². The minimum Gasteiger partial charge on any atom is -0.457 e. The maximum atomic E-state index is 13.7. The molecule has 0 bridgehead atoms. The molecule has 230 valence electrons. The highest BCUT2D eigenvalue weighted by Gasteiger charge is 2.55. The van der Waals surface area contributed by atoms with E-state index in [9.17, 15) is 23.1 Å². The van der Waals surface area contributed by atoms with Gasteiger partial charge < -0.3 is 20.1 Å². The fourth-order valence-electron chi connectivity index (χ4n) is 6.09. The number of benzene rings is 2. The molecular formula is C31H44N4O6S. The molecule has 2 aromatic rings. The number of primary sulfonamides is 1. The molecule has 4 N–H and O–H groups in total. The van der Waals surface area contributed by atoms with Crippen molar-refractivity contribution in [2.75, 3.05) is 19.6 Å². The molecule has 42 heavy (non-hydrogen) atoms. The van der Waals surface area contributed by atoms with Gasteiger partial charge in [0, 0.05) is 26.2 Å². The highest BCUT2D eigenvalue weighted by Crippen LogP contribution is 2.35. The number of aliphatic hydroxyl groups excluding tert-OH is 1. The van der Waals surface area contributed by atoms with Crippen LogP contribution in [-0.4, -0.2) is 72.5 Å². The first-order valence-corrected chi connectivity index (χ1v) is 16.5. The highest BCUT2D eigenvalue weighted by molar-refractivity contribution is 7.89. The smallest absolute Gasteiger partial charge is 0.248 e. The number of unbranched alkanes of at least 4 members (excludes halogenated alkanes) is 1. The van der Waals surface area contributed by atoms with Gasteiger partial charge in [-0.05, 0) is 67.1 Å². The number of sulfonamides is 1. The van der Waals surface area contributed by atoms with E-state index in [1.165, 1.54) is 12.1 Å². The van der Waals surface area contributed by atoms with Crippen LogP contribution >= 0.6 is 0 Å². The topological polar surface area (TPSA) is 142 Å². The van der Waals surface area contributed by atoms with Gasteiger partial charge in [0.25, 0.3) is 0 Å². The molecule has 0 radical (unpaired) electrons. The Balaban J connectivity index is 1.39. The fraction of sp³-hybridized carbons (Fsp3) is 0.548. The van der Waals surface area contributed by atoms with Crippen LogP contribution < -0.4 is 15.2 Å². The molecule has 1 spiro atoms. The van der Waals surface area contributed by atoms with Crippen molar-refractivity contribution < 1.29 is 27.9 Å². The zero-order valence-electron chi connectivity index (χ0n) is 24.8. The van der Waals surface area contributed by atoms with E-state index in [2.05, 4.69) is 17.1 Å². The number of aliphatic hydroxyl groups is 1. The fourth-order valence-corrected chi connectivity index (χ4v) is 6.60. The van der Waals surface area contributed by atoms with Crippen LogP contribution in [-0.2, 0) is 26.2 Å². The maximum Gasteiger partial charge on any atom is 0.248 e. The van der Waals surface area contributed by atoms with Crippen molar-refractivity contribution in [3.05, 3.63) is 54.1 Å². The van der Waals surface area contributed by atoms with E-state index in [1.807, 2.05) is 38.1 Å². The Hall–Kier alpha value is -2.99. The van der Waals surface area contributed by atoms with Gasteiger partial charge in [0.05, 0.1) is 11.0 Å². The first kappa shape index (κ1) is 31.9. The SMILES string of the molecule is CCCCN1C(=O)[C@@H]([C@H](O)C(CC)CC)NC(=O)C12CCN(Cc1ccc(Oc3ccc(S(N)(=O)=O)cc3)cc1)CC2. The van der Waals surface area contributed by atoms with Gasteiger partial charge in [-0.3, -0.25) is 14.5 Å². The Labute approximate surface area is 249 Å². The lowest BCUT2D eigenvalue weighted by atomic mass is 9.79. The number of rotatable bonds is 12. The molecule has 0 aromatic heterocycles. The van der Waals surface area contributed by atoms with Crippen molar-refractivity contribution in [1.82, 2.24) is 15.1 Å². The molecule has 10 nitrogen and oxygen atoms in total. The molecule has 2 aromatic carbocycles. The number of amides is 2. The summed E-state index contributed by atoms with van der Waals surface area (Å²) in [6.45, 7) is 8.60. The average Bonchev–Trinajstić information content (AvgIpc) is 2.97. The molecule has 0 aliphatic carbocycles. The van der Waals surface area contributed by atoms with Crippen LogP contribution in [0.15, 0.2) is 53.4 Å². The Morgan fingerprint density at radius 1 is 1.00 bits per heavy atom. The molecule has 4 rings (SSSR count). The first-order chi connectivity index (χ1) is 20.0. The van der Waals surface area contributed by atoms with Crippen LogP contribution in [0.2, 0.25) is 0 Å². The first-order valence-electron chi connectivity index (χ1n) is 14.9. The van der Waals surface area contributed by atoms with E-state index in [0.29, 0.717) is 50.5 Å². The number of piperidine rings is 1. The largest absolute Gasteiger partial charge is 0.457 e. The Morgan fingerprint density at radius 2 is 1.57 bits per heavy atom. The predicted octanol–water partition coefficient (Wildman–Crippen LogP) is 3.39. The number of piperazine rings is 1. The summed E-state index contributed by atoms with van der Waals surface area (Å²) in [5, 5.41) is 19.1. The van der Waals surface area contributed by atoms with Crippen molar-refractivity contribution in [3.8, 4) is 11.5 Å². The van der Waals surface area contributed by atoms with Crippen LogP contribution in [0.25, 0.3) is 0 Å². The summed E-state index contributed by atoms with van der Waals surface area (Å²) in [4.78, 5) is 31.4. The second-order valence-electron chi connectivity index (χ2n) is 11.4. The van der Waals surface area contributed by atoms with Gasteiger partial charge in [0.2, 0.25) is 21.8 Å². The van der Waals surface area contributed by atoms with Gasteiger partial charge in [-0.2, -0.15) is 0 Å². The molecule has 0 unspecified atom stereocenters. The van der Waals surface area contributed by atoms with E-state index in [0.717, 1.165) is 31.2 Å². The Bertz CT molecular complexity index is 1320. The van der Waals surface area contributed by atoms with Crippen molar-refractivity contribution >= 4 is 21.8 Å². The third kappa shape index (κ3) is 6.96. The Morgan fingerprint density at radius 3 is 2.10 bits per heavy atom. The molecule has 2 atom stereocenters. The number of ether oxygens (including phenoxy) is 1. The minimum atomic E-state index is -3.76. The summed E-state index contributed by atoms with van der Waals surface area (Å²) >= 11 is 0. The van der Waals surface area contributed by atoms with Gasteiger partial charge in [-0.1, -0.05) is 52.2 Å². The van der Waals surface area contributed by atoms with Crippen LogP contribution in [0.3, 0.4) is 0 Å². The summed E-state index contributed by atoms with van der Waals surface area (Å²) in [6.07, 6.45) is 3.39. The zero-order valence-corrected chi connectivity index (χ0v) is 25.6. The lowest BCUT2D eigenvalue weighted by Gasteiger charge is -2.52. The van der Waals surface area contributed by atoms with Gasteiger partial charge >= 0.3 is 0 Å². The summed E-state index contributed by atoms with van der Waals surface area (Å²) in [7, 11) is -3.76. The van der Waals surface area contributed by atoms with Crippen molar-refractivity contribution in [2.45, 2.75) is 88.4 Å². The third-order valence-electron chi connectivity index (χ3n) is 8.77. The number of nitrogens with zero attached hydrogens (tertiary/aromatic N) is 2. The molecule has 2 aliphatic heterocycles. The molecular weight excluding hydrogens is 556 g/mol. The second-order valence-corrected chi connectivity index (χ2v) is 13.0. The molecule has 0 saturated carbocycles. The molecule has 2 saturated heterocycles. The summed E-state index contributed by atoms with van der Waals surface area (Å²) in [5.74, 6) is 0.764. The zero-order chi connectivity index (χ0) is 30.5. The number of hydrogen-bond acceptors (Lipinski definition) is 7. The van der Waals surface area contributed by atoms with E-state index >= 15 is 0 Å². The molecule has 2 amide bonds. The number of carbonyl (C=O) groups is 2. The summed E-state index contributed by atoms with van der Waals surface area (Å²) in [5.41, 5.74) is 0.201. The van der Waals surface area contributed by atoms with Crippen LogP contribution in [0.1, 0.15) is 64.9 Å². The maximum absolute atomic E-state index is 13.7. The van der Waals surface area contributed by atoms with Crippen molar-refractivity contribution in [3.63, 3.8) is 0 Å². The number of nitrogens with two attached hydrogens (primary N) is 1. The number of hydrogen-bond donors (Lipinski definition) is 3. The number of likely N-dealkylation sites (tertiary alicyclic amines) is 1. The lowest BCUT2D eigenvalue weighted by Crippen LogP contribution is -2.75. The van der Waals surface area contributed by atoms with E-state index in [-0.39, 0.29) is 22.6 Å². The van der Waals surface area contributed by atoms with E-state index < -0.39 is 27.7 Å². The quantitative estimate of drug-likeness (QED) is 0.339. The lowest BCUT2D eigenvalue weighted by molar-refractivity contribution is -0.165. The minimum absolute atomic E-state index is 0.0242. The molecule has 2 aliphatic rings. The Kier molecular flexibility index (Phi) is 10.3. The van der Waals surface area contributed by atoms with Crippen LogP contribution in [0.5, 0.6) is 11.5 Å². The van der Waals surface area contributed by atoms with Gasteiger partial charge in [-0.15, -0.1) is 0 Å².